The van der Waals surface area contributed by atoms with Gasteiger partial charge in [-0.1, -0.05) is 11.8 Å². The number of alkyl halides is 1. The third-order valence-electron chi connectivity index (χ3n) is 3.26. The van der Waals surface area contributed by atoms with E-state index in [9.17, 15) is 29.3 Å². The summed E-state index contributed by atoms with van der Waals surface area (Å²) in [6, 6.07) is 0. The first-order chi connectivity index (χ1) is 10.3. The first-order valence-electron chi connectivity index (χ1n) is 6.28. The highest BCUT2D eigenvalue weighted by Crippen LogP contribution is 2.38. The van der Waals surface area contributed by atoms with Crippen molar-refractivity contribution in [1.29, 1.82) is 0 Å². The fourth-order valence-electron chi connectivity index (χ4n) is 2.21. The molecule has 1 aromatic heterocycles. The van der Waals surface area contributed by atoms with E-state index < -0.39 is 48.2 Å². The lowest BCUT2D eigenvalue weighted by Crippen LogP contribution is -2.49. The Hall–Kier alpha value is -2.06. The van der Waals surface area contributed by atoms with Crippen molar-refractivity contribution in [3.8, 4) is 11.8 Å². The number of rotatable bonds is 2. The van der Waals surface area contributed by atoms with Crippen LogP contribution in [-0.2, 0) is 4.74 Å². The van der Waals surface area contributed by atoms with Gasteiger partial charge in [-0.15, -0.1) is 0 Å². The number of hydrogen-bond acceptors (Lipinski definition) is 7. The van der Waals surface area contributed by atoms with Gasteiger partial charge >= 0.3 is 11.4 Å². The van der Waals surface area contributed by atoms with Crippen LogP contribution < -0.4 is 11.4 Å². The lowest BCUT2D eigenvalue weighted by atomic mass is 9.93. The molecule has 1 aromatic rings. The summed E-state index contributed by atoms with van der Waals surface area (Å²) in [5.41, 5.74) is -4.24. The van der Waals surface area contributed by atoms with Crippen LogP contribution in [0.1, 0.15) is 13.2 Å². The van der Waals surface area contributed by atoms with Crippen molar-refractivity contribution in [1.82, 2.24) is 14.5 Å². The normalized spacial score (nSPS) is 32.3. The van der Waals surface area contributed by atoms with E-state index in [0.717, 1.165) is 6.33 Å². The van der Waals surface area contributed by atoms with Gasteiger partial charge in [-0.05, 0) is 6.92 Å². The van der Waals surface area contributed by atoms with Crippen LogP contribution in [-0.4, -0.2) is 60.4 Å². The molecule has 1 aliphatic heterocycles. The average Bonchev–Trinajstić information content (AvgIpc) is 2.70. The zero-order valence-electron chi connectivity index (χ0n) is 11.4. The molecule has 2 rings (SSSR count). The van der Waals surface area contributed by atoms with Gasteiger partial charge in [0.15, 0.2) is 11.8 Å². The Morgan fingerprint density at radius 2 is 2.32 bits per heavy atom. The van der Waals surface area contributed by atoms with E-state index in [4.69, 9.17) is 4.74 Å². The van der Waals surface area contributed by atoms with Crippen LogP contribution in [0, 0.1) is 11.8 Å². The van der Waals surface area contributed by atoms with E-state index in [1.54, 1.807) is 0 Å². The van der Waals surface area contributed by atoms with Crippen molar-refractivity contribution >= 4 is 0 Å². The fraction of sp³-hybridized carbons (Fsp3) is 0.583. The number of halogens is 1. The minimum atomic E-state index is -2.36. The van der Waals surface area contributed by atoms with Crippen molar-refractivity contribution in [3.05, 3.63) is 27.3 Å². The molecule has 10 heteroatoms. The second-order valence-corrected chi connectivity index (χ2v) is 4.79. The van der Waals surface area contributed by atoms with E-state index in [1.807, 2.05) is 10.9 Å². The number of aliphatic hydroxyl groups excluding tert-OH is 2. The highest BCUT2D eigenvalue weighted by Gasteiger charge is 2.57. The molecule has 5 atom stereocenters. The van der Waals surface area contributed by atoms with Crippen molar-refractivity contribution in [2.45, 2.75) is 37.1 Å². The summed E-state index contributed by atoms with van der Waals surface area (Å²) in [6.45, 7) is 0.201. The Balaban J connectivity index is 2.55. The van der Waals surface area contributed by atoms with Crippen LogP contribution in [0.2, 0.25) is 0 Å². The molecule has 0 saturated carbocycles. The Morgan fingerprint density at radius 1 is 1.64 bits per heavy atom. The lowest BCUT2D eigenvalue weighted by Gasteiger charge is -2.26. The molecule has 0 radical (unpaired) electrons. The SMILES string of the molecule is C[C@H](O)[C@H]1O[C@@H](n2cnc(=O)[nH]c2=O)C(O)(C#CCF)[C@H]1O. The molecule has 1 saturated heterocycles. The van der Waals surface area contributed by atoms with Gasteiger partial charge in [-0.3, -0.25) is 9.55 Å². The van der Waals surface area contributed by atoms with Crippen molar-refractivity contribution < 1.29 is 24.4 Å². The molecule has 2 heterocycles. The molecular weight excluding hydrogens is 301 g/mol. The zero-order valence-corrected chi connectivity index (χ0v) is 11.4. The predicted molar refractivity (Wildman–Crippen MR) is 69.4 cm³/mol. The Labute approximate surface area is 123 Å². The number of aromatic nitrogens is 3. The number of aliphatic hydroxyl groups is 3. The summed E-state index contributed by atoms with van der Waals surface area (Å²) in [4.78, 5) is 27.9. The summed E-state index contributed by atoms with van der Waals surface area (Å²) in [5, 5.41) is 30.2. The van der Waals surface area contributed by atoms with Crippen LogP contribution >= 0.6 is 0 Å². The van der Waals surface area contributed by atoms with E-state index in [1.165, 1.54) is 6.92 Å². The van der Waals surface area contributed by atoms with Gasteiger partial charge in [-0.2, -0.15) is 4.98 Å². The van der Waals surface area contributed by atoms with E-state index in [0.29, 0.717) is 4.57 Å². The summed E-state index contributed by atoms with van der Waals surface area (Å²) in [5.74, 6) is 4.05. The number of H-pyrrole nitrogens is 1. The maximum atomic E-state index is 12.3. The number of nitrogens with one attached hydrogen (secondary N) is 1. The van der Waals surface area contributed by atoms with Crippen molar-refractivity contribution in [3.63, 3.8) is 0 Å². The van der Waals surface area contributed by atoms with Gasteiger partial charge in [-0.25, -0.2) is 14.0 Å². The minimum Gasteiger partial charge on any atom is -0.391 e. The molecule has 1 unspecified atom stereocenters. The number of aromatic amines is 1. The summed E-state index contributed by atoms with van der Waals surface area (Å²) >= 11 is 0. The van der Waals surface area contributed by atoms with Crippen LogP contribution in [0.4, 0.5) is 4.39 Å². The molecule has 9 nitrogen and oxygen atoms in total. The molecular formula is C12H14FN3O6. The van der Waals surface area contributed by atoms with Gasteiger partial charge in [0.25, 0.3) is 0 Å². The molecule has 0 bridgehead atoms. The lowest BCUT2D eigenvalue weighted by molar-refractivity contribution is -0.0889. The van der Waals surface area contributed by atoms with Gasteiger partial charge in [0.05, 0.1) is 6.10 Å². The Morgan fingerprint density at radius 3 is 2.86 bits per heavy atom. The van der Waals surface area contributed by atoms with Crippen molar-refractivity contribution in [2.75, 3.05) is 6.67 Å². The molecule has 22 heavy (non-hydrogen) atoms. The number of ether oxygens (including phenoxy) is 1. The van der Waals surface area contributed by atoms with Crippen LogP contribution in [0.25, 0.3) is 0 Å². The van der Waals surface area contributed by atoms with Crippen LogP contribution in [0.15, 0.2) is 15.9 Å². The van der Waals surface area contributed by atoms with E-state index in [-0.39, 0.29) is 0 Å². The van der Waals surface area contributed by atoms with E-state index in [2.05, 4.69) is 10.9 Å². The smallest absolute Gasteiger partial charge is 0.350 e. The van der Waals surface area contributed by atoms with Gasteiger partial charge in [0.2, 0.25) is 0 Å². The maximum absolute atomic E-state index is 12.3. The second kappa shape index (κ2) is 5.98. The van der Waals surface area contributed by atoms with Crippen LogP contribution in [0.3, 0.4) is 0 Å². The first kappa shape index (κ1) is 16.3. The first-order valence-corrected chi connectivity index (χ1v) is 6.28. The Bertz CT molecular complexity index is 720. The highest BCUT2D eigenvalue weighted by molar-refractivity contribution is 5.23. The topological polar surface area (TPSA) is 138 Å². The highest BCUT2D eigenvalue weighted by atomic mass is 19.1. The second-order valence-electron chi connectivity index (χ2n) is 4.79. The standard InChI is InChI=1S/C12H14FN3O6/c1-6(17)7-8(18)12(21,3-2-4-13)9(22-7)16-5-14-10(19)15-11(16)20/h5-9,17-18,21H,4H2,1H3,(H,15,19,20)/t6-,7+,8-,9+,12?/m0/s1. The summed E-state index contributed by atoms with van der Waals surface area (Å²) < 4.78 is 18.3. The largest absolute Gasteiger partial charge is 0.391 e. The average molecular weight is 315 g/mol. The zero-order chi connectivity index (χ0) is 16.5. The molecule has 120 valence electrons. The fourth-order valence-corrected chi connectivity index (χ4v) is 2.21. The molecule has 0 aromatic carbocycles. The molecule has 1 fully saturated rings. The molecule has 0 spiro atoms. The Kier molecular flexibility index (Phi) is 4.43. The van der Waals surface area contributed by atoms with Gasteiger partial charge in [0.1, 0.15) is 25.2 Å². The van der Waals surface area contributed by atoms with Crippen molar-refractivity contribution in [2.24, 2.45) is 0 Å². The molecule has 4 N–H and O–H groups in total. The van der Waals surface area contributed by atoms with E-state index >= 15 is 0 Å². The summed E-state index contributed by atoms with van der Waals surface area (Å²) in [6.07, 6.45) is -4.98. The summed E-state index contributed by atoms with van der Waals surface area (Å²) in [7, 11) is 0. The maximum Gasteiger partial charge on any atom is 0.350 e. The number of hydrogen-bond donors (Lipinski definition) is 4. The number of nitrogens with zero attached hydrogens (tertiary/aromatic N) is 2. The minimum absolute atomic E-state index is 0.694. The third-order valence-corrected chi connectivity index (χ3v) is 3.26. The third kappa shape index (κ3) is 2.67. The molecule has 1 aliphatic rings. The van der Waals surface area contributed by atoms with Crippen LogP contribution in [0.5, 0.6) is 0 Å². The predicted octanol–water partition coefficient (Wildman–Crippen LogP) is -2.73. The van der Waals surface area contributed by atoms with Gasteiger partial charge in [0, 0.05) is 0 Å². The molecule has 0 aliphatic carbocycles. The van der Waals surface area contributed by atoms with Gasteiger partial charge < -0.3 is 20.1 Å². The monoisotopic (exact) mass is 315 g/mol. The molecule has 0 amide bonds. The quantitative estimate of drug-likeness (QED) is 0.435.